The number of Topliss-reactive ketones (excluding diaryl/α,β-unsaturated/α-hetero) is 1. The van der Waals surface area contributed by atoms with E-state index < -0.39 is 5.82 Å². The summed E-state index contributed by atoms with van der Waals surface area (Å²) in [5.41, 5.74) is 0.698. The zero-order valence-electron chi connectivity index (χ0n) is 11.8. The molecule has 20 heavy (non-hydrogen) atoms. The Labute approximate surface area is 117 Å². The van der Waals surface area contributed by atoms with Crippen molar-refractivity contribution in [3.05, 3.63) is 47.5 Å². The number of ketones is 1. The van der Waals surface area contributed by atoms with E-state index in [4.69, 9.17) is 4.74 Å². The highest BCUT2D eigenvalue weighted by atomic mass is 19.1. The number of carbonyl (C=O) groups excluding carboxylic acids is 1. The summed E-state index contributed by atoms with van der Waals surface area (Å²) >= 11 is 0. The summed E-state index contributed by atoms with van der Waals surface area (Å²) in [6, 6.07) is 6.23. The van der Waals surface area contributed by atoms with E-state index >= 15 is 0 Å². The Morgan fingerprint density at radius 3 is 2.70 bits per heavy atom. The normalized spacial score (nSPS) is 10.8. The van der Waals surface area contributed by atoms with Gasteiger partial charge in [-0.05, 0) is 32.0 Å². The standard InChI is InChI=1S/C15H17FN2O2/c1-10(2)18-7-6-11(17-18)8-15(19)13-5-4-12(20-3)9-14(13)16/h4-7,9-10H,8H2,1-3H3. The molecule has 0 unspecified atom stereocenters. The molecule has 106 valence electrons. The van der Waals surface area contributed by atoms with Crippen LogP contribution in [0.2, 0.25) is 0 Å². The van der Waals surface area contributed by atoms with Crippen LogP contribution in [0.15, 0.2) is 30.5 Å². The average Bonchev–Trinajstić information content (AvgIpc) is 2.87. The molecule has 0 N–H and O–H groups in total. The van der Waals surface area contributed by atoms with E-state index in [9.17, 15) is 9.18 Å². The van der Waals surface area contributed by atoms with Gasteiger partial charge in [0.2, 0.25) is 0 Å². The van der Waals surface area contributed by atoms with Crippen LogP contribution in [0.1, 0.15) is 35.9 Å². The maximum Gasteiger partial charge on any atom is 0.171 e. The Kier molecular flexibility index (Phi) is 4.17. The summed E-state index contributed by atoms with van der Waals surface area (Å²) in [6.07, 6.45) is 1.90. The monoisotopic (exact) mass is 276 g/mol. The van der Waals surface area contributed by atoms with Gasteiger partial charge in [-0.1, -0.05) is 0 Å². The van der Waals surface area contributed by atoms with Gasteiger partial charge in [0.05, 0.1) is 24.8 Å². The first kappa shape index (κ1) is 14.2. The number of hydrogen-bond donors (Lipinski definition) is 0. The van der Waals surface area contributed by atoms with Crippen LogP contribution in [-0.2, 0) is 6.42 Å². The summed E-state index contributed by atoms with van der Waals surface area (Å²) < 4.78 is 20.5. The van der Waals surface area contributed by atoms with Crippen LogP contribution in [-0.4, -0.2) is 22.7 Å². The number of halogens is 1. The molecular weight excluding hydrogens is 259 g/mol. The molecule has 1 aromatic carbocycles. The Bertz CT molecular complexity index is 620. The van der Waals surface area contributed by atoms with Gasteiger partial charge < -0.3 is 4.74 Å². The van der Waals surface area contributed by atoms with E-state index in [1.807, 2.05) is 20.0 Å². The molecule has 4 nitrogen and oxygen atoms in total. The van der Waals surface area contributed by atoms with Crippen LogP contribution in [0.4, 0.5) is 4.39 Å². The molecular formula is C15H17FN2O2. The first-order valence-corrected chi connectivity index (χ1v) is 6.42. The molecule has 0 amide bonds. The summed E-state index contributed by atoms with van der Waals surface area (Å²) in [4.78, 5) is 12.1. The van der Waals surface area contributed by atoms with Gasteiger partial charge >= 0.3 is 0 Å². The summed E-state index contributed by atoms with van der Waals surface area (Å²) in [6.45, 7) is 4.00. The maximum atomic E-state index is 13.8. The third-order valence-corrected chi connectivity index (χ3v) is 3.01. The third kappa shape index (κ3) is 3.04. The fourth-order valence-electron chi connectivity index (χ4n) is 1.87. The van der Waals surface area contributed by atoms with Crippen LogP contribution in [0.5, 0.6) is 5.75 Å². The summed E-state index contributed by atoms with van der Waals surface area (Å²) in [5, 5.41) is 4.29. The Balaban J connectivity index is 2.15. The predicted octanol–water partition coefficient (Wildman–Crippen LogP) is 3.04. The molecule has 0 radical (unpaired) electrons. The van der Waals surface area contributed by atoms with Crippen molar-refractivity contribution >= 4 is 5.78 Å². The van der Waals surface area contributed by atoms with Crippen molar-refractivity contribution in [3.63, 3.8) is 0 Å². The number of rotatable bonds is 5. The highest BCUT2D eigenvalue weighted by Gasteiger charge is 2.15. The van der Waals surface area contributed by atoms with E-state index in [0.717, 1.165) is 0 Å². The van der Waals surface area contributed by atoms with Gasteiger partial charge in [0, 0.05) is 18.3 Å². The molecule has 0 bridgehead atoms. The van der Waals surface area contributed by atoms with Gasteiger partial charge in [0.1, 0.15) is 11.6 Å². The van der Waals surface area contributed by atoms with Crippen molar-refractivity contribution in [2.24, 2.45) is 0 Å². The first-order chi connectivity index (χ1) is 9.51. The number of carbonyl (C=O) groups is 1. The van der Waals surface area contributed by atoms with Gasteiger partial charge in [-0.3, -0.25) is 9.48 Å². The molecule has 0 aliphatic heterocycles. The molecule has 0 aliphatic rings. The van der Waals surface area contributed by atoms with E-state index in [1.54, 1.807) is 16.8 Å². The largest absolute Gasteiger partial charge is 0.497 e. The number of benzene rings is 1. The number of aromatic nitrogens is 2. The fourth-order valence-corrected chi connectivity index (χ4v) is 1.87. The molecule has 2 aromatic rings. The van der Waals surface area contributed by atoms with Crippen molar-refractivity contribution in [2.45, 2.75) is 26.3 Å². The van der Waals surface area contributed by atoms with Crippen LogP contribution in [0.25, 0.3) is 0 Å². The number of ether oxygens (including phenoxy) is 1. The molecule has 0 atom stereocenters. The molecule has 5 heteroatoms. The minimum absolute atomic E-state index is 0.0601. The van der Waals surface area contributed by atoms with Crippen LogP contribution < -0.4 is 4.74 Å². The number of nitrogens with zero attached hydrogens (tertiary/aromatic N) is 2. The first-order valence-electron chi connectivity index (χ1n) is 6.42. The molecule has 0 saturated heterocycles. The number of methoxy groups -OCH3 is 1. The van der Waals surface area contributed by atoms with Crippen molar-refractivity contribution in [2.75, 3.05) is 7.11 Å². The molecule has 0 fully saturated rings. The van der Waals surface area contributed by atoms with E-state index in [1.165, 1.54) is 19.2 Å². The van der Waals surface area contributed by atoms with Crippen LogP contribution in [0.3, 0.4) is 0 Å². The molecule has 1 aromatic heterocycles. The van der Waals surface area contributed by atoms with Crippen molar-refractivity contribution < 1.29 is 13.9 Å². The van der Waals surface area contributed by atoms with Gasteiger partial charge in [-0.15, -0.1) is 0 Å². The van der Waals surface area contributed by atoms with Crippen LogP contribution >= 0.6 is 0 Å². The zero-order chi connectivity index (χ0) is 14.7. The second-order valence-corrected chi connectivity index (χ2v) is 4.83. The summed E-state index contributed by atoms with van der Waals surface area (Å²) in [5.74, 6) is -0.472. The van der Waals surface area contributed by atoms with E-state index in [-0.39, 0.29) is 23.8 Å². The van der Waals surface area contributed by atoms with Gasteiger partial charge in [-0.2, -0.15) is 5.10 Å². The second kappa shape index (κ2) is 5.86. The highest BCUT2D eigenvalue weighted by molar-refractivity contribution is 5.97. The maximum absolute atomic E-state index is 13.8. The Morgan fingerprint density at radius 2 is 2.15 bits per heavy atom. The van der Waals surface area contributed by atoms with E-state index in [0.29, 0.717) is 11.4 Å². The van der Waals surface area contributed by atoms with E-state index in [2.05, 4.69) is 5.10 Å². The highest BCUT2D eigenvalue weighted by Crippen LogP contribution is 2.18. The quantitative estimate of drug-likeness (QED) is 0.788. The molecule has 0 spiro atoms. The minimum Gasteiger partial charge on any atom is -0.497 e. The van der Waals surface area contributed by atoms with Gasteiger partial charge in [0.15, 0.2) is 5.78 Å². The third-order valence-electron chi connectivity index (χ3n) is 3.01. The SMILES string of the molecule is COc1ccc(C(=O)Cc2ccn(C(C)C)n2)c(F)c1. The lowest BCUT2D eigenvalue weighted by Crippen LogP contribution is -2.08. The average molecular weight is 276 g/mol. The van der Waals surface area contributed by atoms with Crippen LogP contribution in [0, 0.1) is 5.82 Å². The molecule has 1 heterocycles. The zero-order valence-corrected chi connectivity index (χ0v) is 11.8. The molecule has 2 rings (SSSR count). The van der Waals surface area contributed by atoms with Crippen molar-refractivity contribution in [1.29, 1.82) is 0 Å². The van der Waals surface area contributed by atoms with Gasteiger partial charge in [-0.25, -0.2) is 4.39 Å². The Morgan fingerprint density at radius 1 is 1.40 bits per heavy atom. The predicted molar refractivity (Wildman–Crippen MR) is 73.6 cm³/mol. The second-order valence-electron chi connectivity index (χ2n) is 4.83. The summed E-state index contributed by atoms with van der Waals surface area (Å²) in [7, 11) is 1.45. The number of hydrogen-bond acceptors (Lipinski definition) is 3. The van der Waals surface area contributed by atoms with Crippen molar-refractivity contribution in [3.8, 4) is 5.75 Å². The Hall–Kier alpha value is -2.17. The minimum atomic E-state index is -0.572. The van der Waals surface area contributed by atoms with Gasteiger partial charge in [0.25, 0.3) is 0 Å². The smallest absolute Gasteiger partial charge is 0.171 e. The lowest BCUT2D eigenvalue weighted by Gasteiger charge is -2.05. The lowest BCUT2D eigenvalue weighted by molar-refractivity contribution is 0.0987. The lowest BCUT2D eigenvalue weighted by atomic mass is 10.1. The molecule has 0 saturated carbocycles. The topological polar surface area (TPSA) is 44.1 Å². The van der Waals surface area contributed by atoms with Crippen molar-refractivity contribution in [1.82, 2.24) is 9.78 Å². The fraction of sp³-hybridized carbons (Fsp3) is 0.333. The molecule has 0 aliphatic carbocycles.